The van der Waals surface area contributed by atoms with Crippen molar-refractivity contribution >= 4 is 10.9 Å². The summed E-state index contributed by atoms with van der Waals surface area (Å²) in [7, 11) is 1.90. The number of fused-ring (bicyclic) bond motifs is 1. The van der Waals surface area contributed by atoms with E-state index in [1.54, 1.807) is 4.68 Å². The molecule has 0 radical (unpaired) electrons. The molecule has 0 unspecified atom stereocenters. The zero-order chi connectivity index (χ0) is 16.0. The van der Waals surface area contributed by atoms with Gasteiger partial charge < -0.3 is 4.57 Å². The van der Waals surface area contributed by atoms with Crippen molar-refractivity contribution in [3.05, 3.63) is 72.3 Å². The molecule has 2 heterocycles. The minimum atomic E-state index is -0.190. The Bertz CT molecular complexity index is 1010. The maximum Gasteiger partial charge on any atom is 0.132 e. The van der Waals surface area contributed by atoms with Gasteiger partial charge in [0, 0.05) is 36.1 Å². The second kappa shape index (κ2) is 5.09. The Labute approximate surface area is 133 Å². The number of aromatic nitrogens is 3. The van der Waals surface area contributed by atoms with Crippen molar-refractivity contribution in [2.45, 2.75) is 6.92 Å². The molecule has 4 heteroatoms. The first-order valence-electron chi connectivity index (χ1n) is 7.50. The molecular weight excluding hydrogens is 289 g/mol. The van der Waals surface area contributed by atoms with Crippen LogP contribution in [0.25, 0.3) is 27.8 Å². The van der Waals surface area contributed by atoms with Gasteiger partial charge in [0.2, 0.25) is 0 Å². The number of hydrogen-bond donors (Lipinski definition) is 0. The van der Waals surface area contributed by atoms with Crippen molar-refractivity contribution in [3.8, 4) is 16.9 Å². The molecule has 0 saturated carbocycles. The molecular formula is C19H16FN3. The molecule has 0 N–H and O–H groups in total. The number of aryl methyl sites for hydroxylation is 2. The van der Waals surface area contributed by atoms with Gasteiger partial charge in [-0.05, 0) is 42.8 Å². The third-order valence-corrected chi connectivity index (χ3v) is 4.13. The zero-order valence-corrected chi connectivity index (χ0v) is 13.0. The van der Waals surface area contributed by atoms with Gasteiger partial charge in [0.1, 0.15) is 5.82 Å². The van der Waals surface area contributed by atoms with E-state index in [0.717, 1.165) is 28.0 Å². The van der Waals surface area contributed by atoms with E-state index in [4.69, 9.17) is 0 Å². The fraction of sp³-hybridized carbons (Fsp3) is 0.105. The molecule has 0 spiro atoms. The Morgan fingerprint density at radius 2 is 1.87 bits per heavy atom. The van der Waals surface area contributed by atoms with E-state index in [1.165, 1.54) is 6.07 Å². The molecule has 0 aliphatic rings. The maximum atomic E-state index is 14.0. The smallest absolute Gasteiger partial charge is 0.132 e. The molecule has 0 fully saturated rings. The molecule has 2 aromatic heterocycles. The Morgan fingerprint density at radius 3 is 2.65 bits per heavy atom. The van der Waals surface area contributed by atoms with E-state index >= 15 is 0 Å². The van der Waals surface area contributed by atoms with Crippen LogP contribution in [-0.4, -0.2) is 14.3 Å². The lowest BCUT2D eigenvalue weighted by Gasteiger charge is -2.09. The molecule has 2 aromatic carbocycles. The molecule has 0 aliphatic heterocycles. The largest absolute Gasteiger partial charge is 0.316 e. The predicted octanol–water partition coefficient (Wildman–Crippen LogP) is 4.48. The molecule has 0 atom stereocenters. The zero-order valence-electron chi connectivity index (χ0n) is 13.0. The Balaban J connectivity index is 1.90. The van der Waals surface area contributed by atoms with E-state index in [9.17, 15) is 4.39 Å². The van der Waals surface area contributed by atoms with Crippen molar-refractivity contribution in [2.24, 2.45) is 7.05 Å². The molecule has 114 valence electrons. The first kappa shape index (κ1) is 13.8. The van der Waals surface area contributed by atoms with Crippen LogP contribution in [0.3, 0.4) is 0 Å². The van der Waals surface area contributed by atoms with Crippen LogP contribution in [0.15, 0.2) is 60.9 Å². The summed E-state index contributed by atoms with van der Waals surface area (Å²) in [5, 5.41) is 5.09. The van der Waals surface area contributed by atoms with E-state index in [-0.39, 0.29) is 5.82 Å². The number of rotatable bonds is 2. The number of halogens is 1. The Kier molecular flexibility index (Phi) is 3.05. The summed E-state index contributed by atoms with van der Waals surface area (Å²) >= 11 is 0. The third-order valence-electron chi connectivity index (χ3n) is 4.13. The summed E-state index contributed by atoms with van der Waals surface area (Å²) in [6.07, 6.45) is 3.84. The minimum absolute atomic E-state index is 0.190. The second-order valence-corrected chi connectivity index (χ2v) is 5.74. The molecule has 4 rings (SSSR count). The fourth-order valence-electron chi connectivity index (χ4n) is 2.99. The highest BCUT2D eigenvalue weighted by molar-refractivity contribution is 5.85. The quantitative estimate of drug-likeness (QED) is 0.535. The molecule has 0 aliphatic carbocycles. The van der Waals surface area contributed by atoms with Crippen molar-refractivity contribution in [1.82, 2.24) is 14.3 Å². The topological polar surface area (TPSA) is 22.8 Å². The number of benzene rings is 2. The van der Waals surface area contributed by atoms with Crippen molar-refractivity contribution in [1.29, 1.82) is 0 Å². The van der Waals surface area contributed by atoms with Gasteiger partial charge in [-0.3, -0.25) is 4.68 Å². The fourth-order valence-corrected chi connectivity index (χ4v) is 2.99. The van der Waals surface area contributed by atoms with E-state index in [1.807, 2.05) is 67.3 Å². The summed E-state index contributed by atoms with van der Waals surface area (Å²) in [6.45, 7) is 2.00. The second-order valence-electron chi connectivity index (χ2n) is 5.74. The van der Waals surface area contributed by atoms with Crippen LogP contribution in [-0.2, 0) is 7.05 Å². The van der Waals surface area contributed by atoms with Gasteiger partial charge in [-0.15, -0.1) is 0 Å². The van der Waals surface area contributed by atoms with E-state index < -0.39 is 0 Å². The van der Waals surface area contributed by atoms with Gasteiger partial charge in [-0.2, -0.15) is 5.10 Å². The highest BCUT2D eigenvalue weighted by Gasteiger charge is 2.11. The average molecular weight is 305 g/mol. The highest BCUT2D eigenvalue weighted by atomic mass is 19.1. The predicted molar refractivity (Wildman–Crippen MR) is 90.2 cm³/mol. The lowest BCUT2D eigenvalue weighted by atomic mass is 10.1. The molecule has 4 aromatic rings. The minimum Gasteiger partial charge on any atom is -0.316 e. The van der Waals surface area contributed by atoms with Gasteiger partial charge in [0.25, 0.3) is 0 Å². The lowest BCUT2D eigenvalue weighted by Crippen LogP contribution is -1.95. The monoisotopic (exact) mass is 305 g/mol. The van der Waals surface area contributed by atoms with Crippen LogP contribution in [0.4, 0.5) is 4.39 Å². The SMILES string of the molecule is Cc1ccc(F)c2ccn(-c3cccc(-c4ccn(C)n4)c3)c12. The van der Waals surface area contributed by atoms with Crippen LogP contribution in [0, 0.1) is 12.7 Å². The van der Waals surface area contributed by atoms with Crippen LogP contribution >= 0.6 is 0 Å². The first-order valence-corrected chi connectivity index (χ1v) is 7.50. The number of hydrogen-bond acceptors (Lipinski definition) is 1. The van der Waals surface area contributed by atoms with Crippen LogP contribution < -0.4 is 0 Å². The van der Waals surface area contributed by atoms with E-state index in [0.29, 0.717) is 5.39 Å². The Hall–Kier alpha value is -2.88. The maximum absolute atomic E-state index is 14.0. The Morgan fingerprint density at radius 1 is 1.00 bits per heavy atom. The standard InChI is InChI=1S/C19H16FN3/c1-13-6-7-17(20)16-8-11-23(19(13)16)15-5-3-4-14(12-15)18-9-10-22(2)21-18/h3-12H,1-2H3. The van der Waals surface area contributed by atoms with E-state index in [2.05, 4.69) is 11.2 Å². The van der Waals surface area contributed by atoms with Crippen LogP contribution in [0.5, 0.6) is 0 Å². The summed E-state index contributed by atoms with van der Waals surface area (Å²) < 4.78 is 17.8. The summed E-state index contributed by atoms with van der Waals surface area (Å²) in [5.41, 5.74) is 4.92. The molecule has 0 bridgehead atoms. The summed E-state index contributed by atoms with van der Waals surface area (Å²) in [6, 6.07) is 15.3. The normalized spacial score (nSPS) is 11.3. The lowest BCUT2D eigenvalue weighted by molar-refractivity contribution is 0.639. The van der Waals surface area contributed by atoms with Crippen molar-refractivity contribution in [3.63, 3.8) is 0 Å². The van der Waals surface area contributed by atoms with Crippen molar-refractivity contribution in [2.75, 3.05) is 0 Å². The number of nitrogens with zero attached hydrogens (tertiary/aromatic N) is 3. The van der Waals surface area contributed by atoms with Crippen LogP contribution in [0.2, 0.25) is 0 Å². The van der Waals surface area contributed by atoms with Gasteiger partial charge >= 0.3 is 0 Å². The van der Waals surface area contributed by atoms with Gasteiger partial charge in [-0.1, -0.05) is 18.2 Å². The van der Waals surface area contributed by atoms with Gasteiger partial charge in [0.15, 0.2) is 0 Å². The summed E-state index contributed by atoms with van der Waals surface area (Å²) in [4.78, 5) is 0. The van der Waals surface area contributed by atoms with Crippen molar-refractivity contribution < 1.29 is 4.39 Å². The third kappa shape index (κ3) is 2.23. The van der Waals surface area contributed by atoms with Gasteiger partial charge in [-0.25, -0.2) is 4.39 Å². The van der Waals surface area contributed by atoms with Gasteiger partial charge in [0.05, 0.1) is 11.2 Å². The summed E-state index contributed by atoms with van der Waals surface area (Å²) in [5.74, 6) is -0.190. The molecule has 0 amide bonds. The first-order chi connectivity index (χ1) is 11.1. The molecule has 3 nitrogen and oxygen atoms in total. The molecule has 0 saturated heterocycles. The highest BCUT2D eigenvalue weighted by Crippen LogP contribution is 2.28. The molecule has 23 heavy (non-hydrogen) atoms. The average Bonchev–Trinajstić information content (AvgIpc) is 3.18. The van der Waals surface area contributed by atoms with Crippen LogP contribution in [0.1, 0.15) is 5.56 Å².